The molecule has 2 aliphatic rings. The molecule has 1 aromatic rings. The summed E-state index contributed by atoms with van der Waals surface area (Å²) in [5, 5.41) is 32.3. The van der Waals surface area contributed by atoms with Crippen molar-refractivity contribution in [3.63, 3.8) is 0 Å². The number of aliphatic hydroxyl groups is 1. The average Bonchev–Trinajstić information content (AvgIpc) is 2.59. The number of rotatable bonds is 1. The quantitative estimate of drug-likeness (QED) is 0.678. The van der Waals surface area contributed by atoms with Gasteiger partial charge in [-0.15, -0.1) is 0 Å². The second-order valence-electron chi connectivity index (χ2n) is 8.67. The molecule has 1 saturated carbocycles. The highest BCUT2D eigenvalue weighted by molar-refractivity contribution is 5.56. The molecule has 23 heavy (non-hydrogen) atoms. The molecular weight excluding hydrogens is 288 g/mol. The Balaban J connectivity index is 2.09. The van der Waals surface area contributed by atoms with Gasteiger partial charge in [0.1, 0.15) is 0 Å². The minimum Gasteiger partial charge on any atom is -0.504 e. The van der Waals surface area contributed by atoms with Crippen LogP contribution >= 0.6 is 0 Å². The van der Waals surface area contributed by atoms with Crippen LogP contribution in [0, 0.1) is 11.3 Å². The number of benzene rings is 1. The Morgan fingerprint density at radius 2 is 1.83 bits per heavy atom. The van der Waals surface area contributed by atoms with E-state index in [1.54, 1.807) is 0 Å². The molecule has 2 atom stereocenters. The van der Waals surface area contributed by atoms with Gasteiger partial charge >= 0.3 is 0 Å². The fourth-order valence-electron chi connectivity index (χ4n) is 5.04. The van der Waals surface area contributed by atoms with Gasteiger partial charge in [0.2, 0.25) is 0 Å². The van der Waals surface area contributed by atoms with Crippen molar-refractivity contribution in [2.75, 3.05) is 0 Å². The molecule has 0 radical (unpaired) electrons. The van der Waals surface area contributed by atoms with Crippen LogP contribution in [-0.2, 0) is 12.8 Å². The summed E-state index contributed by atoms with van der Waals surface area (Å²) >= 11 is 0. The highest BCUT2D eigenvalue weighted by atomic mass is 16.3. The Morgan fingerprint density at radius 3 is 2.48 bits per heavy atom. The Morgan fingerprint density at radius 1 is 1.13 bits per heavy atom. The molecule has 0 aromatic heterocycles. The molecule has 1 aromatic carbocycles. The van der Waals surface area contributed by atoms with Crippen molar-refractivity contribution in [2.45, 2.75) is 77.7 Å². The lowest BCUT2D eigenvalue weighted by atomic mass is 9.59. The molecule has 0 spiro atoms. The highest BCUT2D eigenvalue weighted by Crippen LogP contribution is 2.53. The zero-order valence-electron chi connectivity index (χ0n) is 14.8. The first-order valence-electron chi connectivity index (χ1n) is 8.94. The third-order valence-electron chi connectivity index (χ3n) is 6.33. The molecule has 2 aliphatic carbocycles. The van der Waals surface area contributed by atoms with Crippen molar-refractivity contribution in [2.24, 2.45) is 11.3 Å². The van der Waals surface area contributed by atoms with Crippen LogP contribution in [0.1, 0.15) is 76.0 Å². The van der Waals surface area contributed by atoms with Crippen LogP contribution in [-0.4, -0.2) is 20.9 Å². The van der Waals surface area contributed by atoms with Crippen molar-refractivity contribution in [1.82, 2.24) is 0 Å². The zero-order valence-corrected chi connectivity index (χ0v) is 14.8. The van der Waals surface area contributed by atoms with Gasteiger partial charge in [0.25, 0.3) is 0 Å². The monoisotopic (exact) mass is 318 g/mol. The van der Waals surface area contributed by atoms with E-state index in [2.05, 4.69) is 13.8 Å². The summed E-state index contributed by atoms with van der Waals surface area (Å²) in [6.07, 6.45) is 5.20. The first kappa shape index (κ1) is 16.6. The summed E-state index contributed by atoms with van der Waals surface area (Å²) < 4.78 is 0. The fourth-order valence-corrected chi connectivity index (χ4v) is 5.04. The van der Waals surface area contributed by atoms with Crippen LogP contribution in [0.5, 0.6) is 11.5 Å². The molecule has 3 heteroatoms. The molecule has 0 saturated heterocycles. The maximum Gasteiger partial charge on any atom is 0.161 e. The smallest absolute Gasteiger partial charge is 0.161 e. The SMILES string of the molecule is CC(C)c1cc2c(c(O)c1O)C[C@@]1(O)CCCC(C)(C)[C@H]1CC2. The minimum absolute atomic E-state index is 0.00382. The number of hydrogen-bond donors (Lipinski definition) is 3. The molecule has 0 amide bonds. The summed E-state index contributed by atoms with van der Waals surface area (Å²) in [6.45, 7) is 8.56. The van der Waals surface area contributed by atoms with E-state index in [-0.39, 0.29) is 28.7 Å². The molecule has 0 heterocycles. The lowest BCUT2D eigenvalue weighted by Crippen LogP contribution is -2.50. The normalized spacial score (nSPS) is 29.7. The van der Waals surface area contributed by atoms with Crippen molar-refractivity contribution < 1.29 is 15.3 Å². The van der Waals surface area contributed by atoms with Crippen molar-refractivity contribution in [3.8, 4) is 11.5 Å². The molecule has 0 unspecified atom stereocenters. The molecule has 1 fully saturated rings. The second-order valence-corrected chi connectivity index (χ2v) is 8.67. The van der Waals surface area contributed by atoms with Gasteiger partial charge in [0.15, 0.2) is 11.5 Å². The topological polar surface area (TPSA) is 60.7 Å². The van der Waals surface area contributed by atoms with Gasteiger partial charge in [-0.3, -0.25) is 0 Å². The Labute approximate surface area is 139 Å². The predicted molar refractivity (Wildman–Crippen MR) is 92.0 cm³/mol. The largest absolute Gasteiger partial charge is 0.504 e. The van der Waals surface area contributed by atoms with Crippen LogP contribution < -0.4 is 0 Å². The van der Waals surface area contributed by atoms with E-state index in [1.165, 1.54) is 0 Å². The van der Waals surface area contributed by atoms with Crippen molar-refractivity contribution in [3.05, 3.63) is 22.8 Å². The molecule has 3 N–H and O–H groups in total. The van der Waals surface area contributed by atoms with Crippen LogP contribution in [0.25, 0.3) is 0 Å². The lowest BCUT2D eigenvalue weighted by Gasteiger charge is -2.49. The van der Waals surface area contributed by atoms with E-state index in [0.29, 0.717) is 6.42 Å². The molecule has 128 valence electrons. The first-order chi connectivity index (χ1) is 10.7. The number of aromatic hydroxyl groups is 2. The number of fused-ring (bicyclic) bond motifs is 2. The van der Waals surface area contributed by atoms with Gasteiger partial charge in [-0.2, -0.15) is 0 Å². The van der Waals surface area contributed by atoms with Gasteiger partial charge in [0.05, 0.1) is 5.60 Å². The van der Waals surface area contributed by atoms with Gasteiger partial charge < -0.3 is 15.3 Å². The van der Waals surface area contributed by atoms with Gasteiger partial charge in [-0.05, 0) is 48.5 Å². The summed E-state index contributed by atoms with van der Waals surface area (Å²) in [6, 6.07) is 2.04. The Kier molecular flexibility index (Phi) is 3.91. The van der Waals surface area contributed by atoms with Gasteiger partial charge in [0, 0.05) is 17.5 Å². The van der Waals surface area contributed by atoms with Crippen LogP contribution in [0.2, 0.25) is 0 Å². The van der Waals surface area contributed by atoms with E-state index < -0.39 is 5.60 Å². The minimum atomic E-state index is -0.768. The molecule has 0 bridgehead atoms. The lowest BCUT2D eigenvalue weighted by molar-refractivity contribution is -0.102. The summed E-state index contributed by atoms with van der Waals surface area (Å²) in [5.74, 6) is 0.385. The number of phenols is 2. The van der Waals surface area contributed by atoms with Gasteiger partial charge in [-0.25, -0.2) is 0 Å². The zero-order chi connectivity index (χ0) is 17.0. The van der Waals surface area contributed by atoms with Crippen LogP contribution in [0.15, 0.2) is 6.07 Å². The van der Waals surface area contributed by atoms with E-state index in [9.17, 15) is 15.3 Å². The first-order valence-corrected chi connectivity index (χ1v) is 8.94. The summed E-state index contributed by atoms with van der Waals surface area (Å²) in [5.41, 5.74) is 2.01. The third kappa shape index (κ3) is 2.63. The van der Waals surface area contributed by atoms with Crippen LogP contribution in [0.4, 0.5) is 0 Å². The average molecular weight is 318 g/mol. The summed E-state index contributed by atoms with van der Waals surface area (Å²) in [4.78, 5) is 0. The van der Waals surface area contributed by atoms with Gasteiger partial charge in [-0.1, -0.05) is 40.2 Å². The third-order valence-corrected chi connectivity index (χ3v) is 6.33. The highest BCUT2D eigenvalue weighted by Gasteiger charge is 2.49. The van der Waals surface area contributed by atoms with E-state index in [1.807, 2.05) is 19.9 Å². The van der Waals surface area contributed by atoms with Crippen LogP contribution in [0.3, 0.4) is 0 Å². The predicted octanol–water partition coefficient (Wildman–Crippen LogP) is 4.27. The molecular formula is C20H30O3. The number of phenolic OH excluding ortho intramolecular Hbond substituents is 2. The van der Waals surface area contributed by atoms with E-state index in [4.69, 9.17) is 0 Å². The van der Waals surface area contributed by atoms with Crippen molar-refractivity contribution >= 4 is 0 Å². The molecule has 0 aliphatic heterocycles. The maximum atomic E-state index is 11.4. The Hall–Kier alpha value is -1.22. The van der Waals surface area contributed by atoms with Crippen molar-refractivity contribution in [1.29, 1.82) is 0 Å². The number of aryl methyl sites for hydroxylation is 1. The second kappa shape index (κ2) is 5.41. The standard InChI is InChI=1S/C20H30O3/c1-12(2)14-10-13-6-7-16-19(3,4)8-5-9-20(16,23)11-15(13)18(22)17(14)21/h10,12,16,21-23H,5-9,11H2,1-4H3/t16-,20+/m1/s1. The fraction of sp³-hybridized carbons (Fsp3) is 0.700. The molecule has 3 rings (SSSR count). The van der Waals surface area contributed by atoms with E-state index in [0.717, 1.165) is 48.8 Å². The molecule has 3 nitrogen and oxygen atoms in total. The number of hydrogen-bond acceptors (Lipinski definition) is 3. The maximum absolute atomic E-state index is 11.4. The Bertz CT molecular complexity index is 618. The summed E-state index contributed by atoms with van der Waals surface area (Å²) in [7, 11) is 0. The van der Waals surface area contributed by atoms with E-state index >= 15 is 0 Å².